The van der Waals surface area contributed by atoms with Gasteiger partial charge in [0, 0.05) is 23.8 Å². The molecule has 9 heteroatoms. The molecule has 0 aromatic rings. The maximum atomic E-state index is 12.7. The molecule has 1 N–H and O–H groups in total. The number of carboxylic acid groups (broad SMARTS) is 1. The summed E-state index contributed by atoms with van der Waals surface area (Å²) in [5.41, 5.74) is 0. The molecule has 0 bridgehead atoms. The van der Waals surface area contributed by atoms with Gasteiger partial charge in [-0.25, -0.2) is 4.79 Å². The third-order valence-corrected chi connectivity index (χ3v) is 11.7. The molecule has 152 valence electrons. The molecule has 0 aromatic carbocycles. The third kappa shape index (κ3) is 4.14. The summed E-state index contributed by atoms with van der Waals surface area (Å²) in [5, 5.41) is 9.02. The van der Waals surface area contributed by atoms with Crippen molar-refractivity contribution in [3.8, 4) is 0 Å². The number of likely N-dealkylation sites (tertiary alicyclic amines) is 1. The molecule has 2 aliphatic rings. The molecule has 2 heterocycles. The minimum absolute atomic E-state index is 0.0148. The number of Topliss-reactive ketones (excluding diaryl/α,β-unsaturated/α-hetero) is 1. The Kier molecular flexibility index (Phi) is 6.28. The molecule has 0 unspecified atom stereocenters. The smallest absolute Gasteiger partial charge is 0.395 e. The van der Waals surface area contributed by atoms with E-state index in [-0.39, 0.29) is 10.8 Å². The Balaban J connectivity index is 2.30. The number of ketones is 1. The second-order valence-electron chi connectivity index (χ2n) is 8.82. The van der Waals surface area contributed by atoms with Crippen LogP contribution in [-0.4, -0.2) is 65.5 Å². The fourth-order valence-corrected chi connectivity index (χ4v) is 6.02. The van der Waals surface area contributed by atoms with Crippen LogP contribution in [0.15, 0.2) is 0 Å². The van der Waals surface area contributed by atoms with Crippen LogP contribution in [0.2, 0.25) is 18.1 Å². The number of nitrogens with zero attached hydrogens (tertiary/aromatic N) is 1. The van der Waals surface area contributed by atoms with Crippen LogP contribution in [0, 0.1) is 11.8 Å². The van der Waals surface area contributed by atoms with E-state index in [1.165, 1.54) is 0 Å². The fourth-order valence-electron chi connectivity index (χ4n) is 3.44. The number of thioether (sulfide) groups is 1. The summed E-state index contributed by atoms with van der Waals surface area (Å²) < 4.78 is 6.34. The molecule has 0 aliphatic carbocycles. The van der Waals surface area contributed by atoms with Crippen molar-refractivity contribution in [2.45, 2.75) is 64.4 Å². The van der Waals surface area contributed by atoms with Crippen LogP contribution in [0.5, 0.6) is 0 Å². The first-order valence-corrected chi connectivity index (χ1v) is 13.2. The van der Waals surface area contributed by atoms with E-state index in [2.05, 4.69) is 33.9 Å². The van der Waals surface area contributed by atoms with Gasteiger partial charge in [-0.2, -0.15) is 11.8 Å². The summed E-state index contributed by atoms with van der Waals surface area (Å²) in [6, 6.07) is -0.735. The molecule has 2 fully saturated rings. The largest absolute Gasteiger partial charge is 0.474 e. The Hall–Kier alpha value is -1.19. The first-order valence-electron chi connectivity index (χ1n) is 9.18. The van der Waals surface area contributed by atoms with Crippen molar-refractivity contribution in [1.29, 1.82) is 0 Å². The Morgan fingerprint density at radius 3 is 2.37 bits per heavy atom. The lowest BCUT2D eigenvalue weighted by Gasteiger charge is -2.52. The van der Waals surface area contributed by atoms with E-state index in [4.69, 9.17) is 9.53 Å². The summed E-state index contributed by atoms with van der Waals surface area (Å²) in [5.74, 6) is -3.51. The molecule has 0 spiro atoms. The van der Waals surface area contributed by atoms with Gasteiger partial charge in [0.05, 0.1) is 18.1 Å². The van der Waals surface area contributed by atoms with Gasteiger partial charge in [0.15, 0.2) is 8.32 Å². The number of imide groups is 1. The number of amides is 2. The van der Waals surface area contributed by atoms with E-state index in [9.17, 15) is 19.2 Å². The SMILES string of the molecule is C[C@@H](O[Si](C)(C)C(C)(C)C)[C@H]1C(=O)N(C(=O)C(=O)O)[C@@H]1[C@H]1CSCCC1=O. The predicted octanol–water partition coefficient (Wildman–Crippen LogP) is 2.16. The predicted molar refractivity (Wildman–Crippen MR) is 105 cm³/mol. The van der Waals surface area contributed by atoms with Gasteiger partial charge in [-0.3, -0.25) is 19.3 Å². The first-order chi connectivity index (χ1) is 12.3. The molecule has 2 aliphatic heterocycles. The lowest BCUT2D eigenvalue weighted by molar-refractivity contribution is -0.181. The van der Waals surface area contributed by atoms with Gasteiger partial charge in [-0.05, 0) is 25.1 Å². The molecule has 0 radical (unpaired) electrons. The van der Waals surface area contributed by atoms with Crippen LogP contribution in [0.1, 0.15) is 34.1 Å². The van der Waals surface area contributed by atoms with E-state index in [1.54, 1.807) is 18.7 Å². The molecule has 27 heavy (non-hydrogen) atoms. The van der Waals surface area contributed by atoms with Gasteiger partial charge in [0.2, 0.25) is 5.91 Å². The van der Waals surface area contributed by atoms with Crippen molar-refractivity contribution >= 4 is 43.6 Å². The minimum atomic E-state index is -2.17. The first kappa shape index (κ1) is 22.1. The number of carbonyl (C=O) groups excluding carboxylic acids is 3. The summed E-state index contributed by atoms with van der Waals surface area (Å²) in [6.45, 7) is 12.2. The zero-order valence-electron chi connectivity index (χ0n) is 16.8. The molecule has 4 atom stereocenters. The number of rotatable bonds is 4. The number of aliphatic carboxylic acids is 1. The number of β-lactam (4-membered cyclic amide) rings is 1. The minimum Gasteiger partial charge on any atom is -0.474 e. The average molecular weight is 416 g/mol. The zero-order valence-corrected chi connectivity index (χ0v) is 18.6. The standard InChI is InChI=1S/C18H29NO6SSi/c1-10(25-27(5,6)18(2,3)4)13-14(11-9-26-8-7-12(11)20)19(15(13)21)16(22)17(23)24/h10-11,13-14H,7-9H2,1-6H3,(H,23,24)/t10-,11+,13-,14-/m1/s1. The number of hydrogen-bond donors (Lipinski definition) is 1. The van der Waals surface area contributed by atoms with Gasteiger partial charge in [0.1, 0.15) is 5.78 Å². The van der Waals surface area contributed by atoms with Crippen LogP contribution in [0.4, 0.5) is 0 Å². The normalized spacial score (nSPS) is 27.9. The molecule has 7 nitrogen and oxygen atoms in total. The van der Waals surface area contributed by atoms with E-state index >= 15 is 0 Å². The van der Waals surface area contributed by atoms with Crippen LogP contribution in [0.3, 0.4) is 0 Å². The van der Waals surface area contributed by atoms with Crippen LogP contribution in [-0.2, 0) is 23.6 Å². The molecular formula is C18H29NO6SSi. The van der Waals surface area contributed by atoms with Gasteiger partial charge in [-0.15, -0.1) is 0 Å². The Morgan fingerprint density at radius 2 is 1.89 bits per heavy atom. The highest BCUT2D eigenvalue weighted by molar-refractivity contribution is 7.99. The molecular weight excluding hydrogens is 386 g/mol. The maximum Gasteiger partial charge on any atom is 0.395 e. The Labute approximate surface area is 165 Å². The van der Waals surface area contributed by atoms with Gasteiger partial charge < -0.3 is 9.53 Å². The second-order valence-corrected chi connectivity index (χ2v) is 14.7. The molecule has 2 saturated heterocycles. The van der Waals surface area contributed by atoms with Crippen LogP contribution in [0.25, 0.3) is 0 Å². The van der Waals surface area contributed by atoms with Gasteiger partial charge >= 0.3 is 11.9 Å². The van der Waals surface area contributed by atoms with Crippen LogP contribution >= 0.6 is 11.8 Å². The van der Waals surface area contributed by atoms with Gasteiger partial charge in [0.25, 0.3) is 0 Å². The van der Waals surface area contributed by atoms with E-state index < -0.39 is 50.1 Å². The summed E-state index contributed by atoms with van der Waals surface area (Å²) in [6.07, 6.45) is -0.111. The molecule has 0 saturated carbocycles. The second kappa shape index (κ2) is 7.67. The molecule has 2 rings (SSSR count). The van der Waals surface area contributed by atoms with Crippen molar-refractivity contribution in [1.82, 2.24) is 4.90 Å². The summed E-state index contributed by atoms with van der Waals surface area (Å²) in [4.78, 5) is 49.1. The van der Waals surface area contributed by atoms with Gasteiger partial charge in [-0.1, -0.05) is 20.8 Å². The van der Waals surface area contributed by atoms with Crippen molar-refractivity contribution in [2.75, 3.05) is 11.5 Å². The topological polar surface area (TPSA) is 101 Å². The average Bonchev–Trinajstić information content (AvgIpc) is 2.51. The number of hydrogen-bond acceptors (Lipinski definition) is 6. The summed E-state index contributed by atoms with van der Waals surface area (Å²) >= 11 is 1.59. The Morgan fingerprint density at radius 1 is 1.30 bits per heavy atom. The van der Waals surface area contributed by atoms with Crippen molar-refractivity contribution in [3.63, 3.8) is 0 Å². The third-order valence-electron chi connectivity index (χ3n) is 6.00. The van der Waals surface area contributed by atoms with Crippen molar-refractivity contribution in [2.24, 2.45) is 11.8 Å². The maximum absolute atomic E-state index is 12.7. The highest BCUT2D eigenvalue weighted by atomic mass is 32.2. The fraction of sp³-hybridized carbons (Fsp3) is 0.778. The lowest BCUT2D eigenvalue weighted by atomic mass is 9.74. The van der Waals surface area contributed by atoms with Crippen LogP contribution < -0.4 is 0 Å². The zero-order chi connectivity index (χ0) is 20.7. The van der Waals surface area contributed by atoms with E-state index in [0.29, 0.717) is 17.9 Å². The highest BCUT2D eigenvalue weighted by Gasteiger charge is 2.59. The highest BCUT2D eigenvalue weighted by Crippen LogP contribution is 2.43. The molecule has 2 amide bonds. The van der Waals surface area contributed by atoms with E-state index in [0.717, 1.165) is 4.90 Å². The lowest BCUT2D eigenvalue weighted by Crippen LogP contribution is -2.71. The molecule has 0 aromatic heterocycles. The van der Waals surface area contributed by atoms with E-state index in [1.807, 2.05) is 0 Å². The number of carbonyl (C=O) groups is 4. The van der Waals surface area contributed by atoms with Crippen molar-refractivity contribution in [3.05, 3.63) is 0 Å². The number of carboxylic acids is 1. The Bertz CT molecular complexity index is 659. The monoisotopic (exact) mass is 415 g/mol. The quantitative estimate of drug-likeness (QED) is 0.426. The summed E-state index contributed by atoms with van der Waals surface area (Å²) in [7, 11) is -2.17. The van der Waals surface area contributed by atoms with Crippen molar-refractivity contribution < 1.29 is 28.7 Å².